The lowest BCUT2D eigenvalue weighted by Crippen LogP contribution is -1.87. The van der Waals surface area contributed by atoms with Crippen molar-refractivity contribution in [1.82, 2.24) is 15.4 Å². The van der Waals surface area contributed by atoms with E-state index in [2.05, 4.69) is 40.5 Å². The van der Waals surface area contributed by atoms with Crippen LogP contribution >= 0.6 is 0 Å². The number of aromatic amines is 1. The molecule has 19 heavy (non-hydrogen) atoms. The molecule has 0 atom stereocenters. The van der Waals surface area contributed by atoms with Crippen molar-refractivity contribution in [2.75, 3.05) is 0 Å². The van der Waals surface area contributed by atoms with Gasteiger partial charge in [-0.3, -0.25) is 0 Å². The van der Waals surface area contributed by atoms with Crippen molar-refractivity contribution in [3.63, 3.8) is 0 Å². The van der Waals surface area contributed by atoms with E-state index < -0.39 is 0 Å². The molecule has 1 aromatic heterocycles. The second-order valence-electron chi connectivity index (χ2n) is 5.37. The van der Waals surface area contributed by atoms with Gasteiger partial charge in [-0.2, -0.15) is 15.4 Å². The van der Waals surface area contributed by atoms with E-state index in [-0.39, 0.29) is 0 Å². The summed E-state index contributed by atoms with van der Waals surface area (Å²) in [7, 11) is 0. The van der Waals surface area contributed by atoms with Crippen molar-refractivity contribution in [1.29, 1.82) is 0 Å². The molecule has 0 aliphatic carbocycles. The van der Waals surface area contributed by atoms with E-state index in [1.807, 2.05) is 0 Å². The number of fused-ring (bicyclic) bond motifs is 1. The Morgan fingerprint density at radius 1 is 0.842 bits per heavy atom. The van der Waals surface area contributed by atoms with E-state index in [4.69, 9.17) is 0 Å². The van der Waals surface area contributed by atoms with Crippen LogP contribution in [0, 0.1) is 0 Å². The molecule has 3 nitrogen and oxygen atoms in total. The number of benzene rings is 1. The summed E-state index contributed by atoms with van der Waals surface area (Å²) < 4.78 is 0. The third-order valence-corrected chi connectivity index (χ3v) is 3.70. The van der Waals surface area contributed by atoms with Gasteiger partial charge in [-0.15, -0.1) is 0 Å². The van der Waals surface area contributed by atoms with Crippen LogP contribution in [0.1, 0.15) is 63.9 Å². The Labute approximate surface area is 115 Å². The quantitative estimate of drug-likeness (QED) is 0.666. The molecule has 104 valence electrons. The van der Waals surface area contributed by atoms with E-state index in [0.717, 1.165) is 17.5 Å². The summed E-state index contributed by atoms with van der Waals surface area (Å²) >= 11 is 0. The lowest BCUT2D eigenvalue weighted by atomic mass is 10.0. The SMILES string of the molecule is CCCCCCCCCCc1ccc2n[nH]nc2c1. The fraction of sp³-hybridized carbons (Fsp3) is 0.625. The molecule has 1 N–H and O–H groups in total. The number of rotatable bonds is 9. The Balaban J connectivity index is 1.60. The maximum Gasteiger partial charge on any atom is 0.113 e. The summed E-state index contributed by atoms with van der Waals surface area (Å²) in [5.74, 6) is 0. The standard InChI is InChI=1S/C16H25N3/c1-2-3-4-5-6-7-8-9-10-14-11-12-15-16(13-14)18-19-17-15/h11-13H,2-10H2,1H3,(H,17,18,19). The molecule has 0 amide bonds. The van der Waals surface area contributed by atoms with Crippen molar-refractivity contribution in [3.8, 4) is 0 Å². The molecule has 0 saturated heterocycles. The van der Waals surface area contributed by atoms with Crippen LogP contribution in [0.15, 0.2) is 18.2 Å². The highest BCUT2D eigenvalue weighted by molar-refractivity contribution is 5.74. The summed E-state index contributed by atoms with van der Waals surface area (Å²) in [6, 6.07) is 6.38. The highest BCUT2D eigenvalue weighted by Gasteiger charge is 2.00. The van der Waals surface area contributed by atoms with Gasteiger partial charge in [-0.05, 0) is 30.5 Å². The fourth-order valence-electron chi connectivity index (χ4n) is 2.50. The lowest BCUT2D eigenvalue weighted by Gasteiger charge is -2.02. The zero-order chi connectivity index (χ0) is 13.3. The summed E-state index contributed by atoms with van der Waals surface area (Å²) in [5, 5.41) is 10.9. The number of hydrogen-bond donors (Lipinski definition) is 1. The molecule has 1 heterocycles. The summed E-state index contributed by atoms with van der Waals surface area (Å²) in [4.78, 5) is 0. The van der Waals surface area contributed by atoms with Gasteiger partial charge in [0.25, 0.3) is 0 Å². The van der Waals surface area contributed by atoms with Gasteiger partial charge in [0.1, 0.15) is 11.0 Å². The molecule has 3 heteroatoms. The largest absolute Gasteiger partial charge is 0.197 e. The number of nitrogens with zero attached hydrogens (tertiary/aromatic N) is 2. The third-order valence-electron chi connectivity index (χ3n) is 3.70. The monoisotopic (exact) mass is 259 g/mol. The van der Waals surface area contributed by atoms with Crippen LogP contribution in [-0.2, 0) is 6.42 Å². The molecule has 0 aliphatic rings. The molecule has 2 aromatic rings. The van der Waals surface area contributed by atoms with Gasteiger partial charge in [0.05, 0.1) is 0 Å². The zero-order valence-corrected chi connectivity index (χ0v) is 12.0. The first-order valence-corrected chi connectivity index (χ1v) is 7.69. The number of aromatic nitrogens is 3. The summed E-state index contributed by atoms with van der Waals surface area (Å²) in [6.07, 6.45) is 12.2. The smallest absolute Gasteiger partial charge is 0.113 e. The van der Waals surface area contributed by atoms with Gasteiger partial charge in [-0.25, -0.2) is 0 Å². The Hall–Kier alpha value is -1.38. The van der Waals surface area contributed by atoms with Crippen LogP contribution in [0.4, 0.5) is 0 Å². The van der Waals surface area contributed by atoms with Crippen LogP contribution in [0.3, 0.4) is 0 Å². The number of hydrogen-bond acceptors (Lipinski definition) is 2. The first kappa shape index (κ1) is 14.0. The molecule has 1 aromatic carbocycles. The molecule has 0 spiro atoms. The molecular weight excluding hydrogens is 234 g/mol. The minimum absolute atomic E-state index is 0.958. The van der Waals surface area contributed by atoms with Crippen LogP contribution in [0.5, 0.6) is 0 Å². The normalized spacial score (nSPS) is 11.2. The van der Waals surface area contributed by atoms with Gasteiger partial charge in [0.2, 0.25) is 0 Å². The van der Waals surface area contributed by atoms with Gasteiger partial charge < -0.3 is 0 Å². The van der Waals surface area contributed by atoms with Crippen LogP contribution < -0.4 is 0 Å². The number of aryl methyl sites for hydroxylation is 1. The summed E-state index contributed by atoms with van der Waals surface area (Å²) in [6.45, 7) is 2.27. The molecule has 0 unspecified atom stereocenters. The highest BCUT2D eigenvalue weighted by atomic mass is 15.3. The Kier molecular flexibility index (Phi) is 5.86. The average Bonchev–Trinajstić information content (AvgIpc) is 2.89. The van der Waals surface area contributed by atoms with Crippen LogP contribution in [0.2, 0.25) is 0 Å². The van der Waals surface area contributed by atoms with Crippen molar-refractivity contribution < 1.29 is 0 Å². The Morgan fingerprint density at radius 3 is 2.32 bits per heavy atom. The number of H-pyrrole nitrogens is 1. The van der Waals surface area contributed by atoms with E-state index in [1.54, 1.807) is 0 Å². The fourth-order valence-corrected chi connectivity index (χ4v) is 2.50. The predicted octanol–water partition coefficient (Wildman–Crippen LogP) is 4.64. The minimum atomic E-state index is 0.958. The number of unbranched alkanes of at least 4 members (excludes halogenated alkanes) is 7. The van der Waals surface area contributed by atoms with E-state index in [1.165, 1.54) is 56.9 Å². The van der Waals surface area contributed by atoms with Crippen molar-refractivity contribution in [2.45, 2.75) is 64.7 Å². The van der Waals surface area contributed by atoms with Crippen molar-refractivity contribution in [3.05, 3.63) is 23.8 Å². The van der Waals surface area contributed by atoms with Gasteiger partial charge >= 0.3 is 0 Å². The highest BCUT2D eigenvalue weighted by Crippen LogP contribution is 2.14. The second-order valence-corrected chi connectivity index (χ2v) is 5.37. The first-order chi connectivity index (χ1) is 9.40. The molecule has 0 fully saturated rings. The molecule has 0 saturated carbocycles. The molecule has 0 bridgehead atoms. The Morgan fingerprint density at radius 2 is 1.53 bits per heavy atom. The molecule has 0 radical (unpaired) electrons. The molecule has 0 aliphatic heterocycles. The number of nitrogens with one attached hydrogen (secondary N) is 1. The third kappa shape index (κ3) is 4.66. The van der Waals surface area contributed by atoms with Crippen molar-refractivity contribution >= 4 is 11.0 Å². The van der Waals surface area contributed by atoms with Crippen molar-refractivity contribution in [2.24, 2.45) is 0 Å². The maximum absolute atomic E-state index is 4.13. The summed E-state index contributed by atoms with van der Waals surface area (Å²) in [5.41, 5.74) is 3.32. The van der Waals surface area contributed by atoms with E-state index in [9.17, 15) is 0 Å². The zero-order valence-electron chi connectivity index (χ0n) is 12.0. The van der Waals surface area contributed by atoms with E-state index in [0.29, 0.717) is 0 Å². The van der Waals surface area contributed by atoms with Crippen LogP contribution in [-0.4, -0.2) is 15.4 Å². The average molecular weight is 259 g/mol. The van der Waals surface area contributed by atoms with Gasteiger partial charge in [0, 0.05) is 0 Å². The minimum Gasteiger partial charge on any atom is -0.197 e. The first-order valence-electron chi connectivity index (χ1n) is 7.69. The van der Waals surface area contributed by atoms with Gasteiger partial charge in [0.15, 0.2) is 0 Å². The van der Waals surface area contributed by atoms with Gasteiger partial charge in [-0.1, -0.05) is 57.9 Å². The predicted molar refractivity (Wildman–Crippen MR) is 80.2 cm³/mol. The second kappa shape index (κ2) is 7.93. The molecule has 2 rings (SSSR count). The molecular formula is C16H25N3. The van der Waals surface area contributed by atoms with E-state index >= 15 is 0 Å². The Bertz CT molecular complexity index is 476. The maximum atomic E-state index is 4.13. The topological polar surface area (TPSA) is 41.6 Å². The van der Waals surface area contributed by atoms with Crippen LogP contribution in [0.25, 0.3) is 11.0 Å². The lowest BCUT2D eigenvalue weighted by molar-refractivity contribution is 0.575.